The number of nitrogens with one attached hydrogen (secondary N) is 1. The highest BCUT2D eigenvalue weighted by atomic mass is 16.2. The van der Waals surface area contributed by atoms with Gasteiger partial charge in [-0.1, -0.05) is 0 Å². The van der Waals surface area contributed by atoms with Crippen LogP contribution in [0.25, 0.3) is 0 Å². The van der Waals surface area contributed by atoms with Crippen molar-refractivity contribution in [2.75, 3.05) is 13.6 Å². The molecule has 2 saturated carbocycles. The van der Waals surface area contributed by atoms with Crippen LogP contribution in [0.2, 0.25) is 0 Å². The van der Waals surface area contributed by atoms with Crippen LogP contribution in [-0.4, -0.2) is 35.8 Å². The van der Waals surface area contributed by atoms with Gasteiger partial charge in [0.1, 0.15) is 5.54 Å². The topological polar surface area (TPSA) is 49.4 Å². The number of imide groups is 1. The summed E-state index contributed by atoms with van der Waals surface area (Å²) in [4.78, 5) is 25.0. The van der Waals surface area contributed by atoms with Gasteiger partial charge in [-0.2, -0.15) is 0 Å². The molecular formula is C10H14N2O2. The van der Waals surface area contributed by atoms with E-state index in [4.69, 9.17) is 0 Å². The second-order valence-corrected chi connectivity index (χ2v) is 4.80. The van der Waals surface area contributed by atoms with Gasteiger partial charge in [-0.3, -0.25) is 19.8 Å². The minimum Gasteiger partial charge on any atom is -0.294 e. The summed E-state index contributed by atoms with van der Waals surface area (Å²) in [6, 6.07) is 0. The Morgan fingerprint density at radius 2 is 2.29 bits per heavy atom. The number of hydrogen-bond acceptors (Lipinski definition) is 3. The number of rotatable bonds is 0. The first kappa shape index (κ1) is 8.41. The van der Waals surface area contributed by atoms with Crippen molar-refractivity contribution in [1.29, 1.82) is 0 Å². The fraction of sp³-hybridized carbons (Fsp3) is 0.800. The SMILES string of the molecule is CN1CC(=O)NC(=O)C12CCC1CC12. The van der Waals surface area contributed by atoms with Gasteiger partial charge in [-0.15, -0.1) is 0 Å². The van der Waals surface area contributed by atoms with Crippen molar-refractivity contribution in [2.24, 2.45) is 11.8 Å². The molecule has 14 heavy (non-hydrogen) atoms. The average Bonchev–Trinajstić information content (AvgIpc) is 2.78. The number of carbonyl (C=O) groups excluding carboxylic acids is 2. The van der Waals surface area contributed by atoms with Crippen LogP contribution < -0.4 is 5.32 Å². The summed E-state index contributed by atoms with van der Waals surface area (Å²) >= 11 is 0. The standard InChI is InChI=1S/C10H14N2O2/c1-12-5-8(13)11-9(14)10(12)3-2-6-4-7(6)10/h6-7H,2-5H2,1H3,(H,11,13,14). The lowest BCUT2D eigenvalue weighted by Gasteiger charge is -2.41. The molecule has 3 unspecified atom stereocenters. The molecule has 4 heteroatoms. The Morgan fingerprint density at radius 3 is 2.79 bits per heavy atom. The largest absolute Gasteiger partial charge is 0.294 e. The van der Waals surface area contributed by atoms with Gasteiger partial charge < -0.3 is 0 Å². The summed E-state index contributed by atoms with van der Waals surface area (Å²) in [7, 11) is 1.90. The van der Waals surface area contributed by atoms with Gasteiger partial charge in [-0.25, -0.2) is 0 Å². The van der Waals surface area contributed by atoms with Crippen LogP contribution in [0, 0.1) is 11.8 Å². The highest BCUT2D eigenvalue weighted by Gasteiger charge is 2.64. The molecule has 1 saturated heterocycles. The summed E-state index contributed by atoms with van der Waals surface area (Å²) < 4.78 is 0. The van der Waals surface area contributed by atoms with Crippen molar-refractivity contribution in [3.63, 3.8) is 0 Å². The highest BCUT2D eigenvalue weighted by molar-refractivity contribution is 6.04. The second-order valence-electron chi connectivity index (χ2n) is 4.80. The van der Waals surface area contributed by atoms with Crippen LogP contribution in [0.3, 0.4) is 0 Å². The first-order valence-electron chi connectivity index (χ1n) is 5.20. The Hall–Kier alpha value is -0.900. The van der Waals surface area contributed by atoms with Gasteiger partial charge in [0.05, 0.1) is 6.54 Å². The molecule has 2 aliphatic carbocycles. The average molecular weight is 194 g/mol. The molecule has 1 aliphatic heterocycles. The summed E-state index contributed by atoms with van der Waals surface area (Å²) in [5.74, 6) is 1.05. The van der Waals surface area contributed by atoms with Crippen molar-refractivity contribution < 1.29 is 9.59 Å². The Labute approximate surface area is 82.6 Å². The molecule has 0 aromatic rings. The normalized spacial score (nSPS) is 46.6. The maximum Gasteiger partial charge on any atom is 0.247 e. The van der Waals surface area contributed by atoms with E-state index in [1.165, 1.54) is 6.42 Å². The summed E-state index contributed by atoms with van der Waals surface area (Å²) in [5, 5.41) is 2.48. The van der Waals surface area contributed by atoms with E-state index in [9.17, 15) is 9.59 Å². The quantitative estimate of drug-likeness (QED) is 0.541. The van der Waals surface area contributed by atoms with Gasteiger partial charge in [0, 0.05) is 0 Å². The lowest BCUT2D eigenvalue weighted by molar-refractivity contribution is -0.146. The van der Waals surface area contributed by atoms with Crippen molar-refractivity contribution in [3.05, 3.63) is 0 Å². The molecule has 2 amide bonds. The van der Waals surface area contributed by atoms with Crippen molar-refractivity contribution in [3.8, 4) is 0 Å². The zero-order chi connectivity index (χ0) is 9.92. The van der Waals surface area contributed by atoms with Gasteiger partial charge >= 0.3 is 0 Å². The summed E-state index contributed by atoms with van der Waals surface area (Å²) in [6.07, 6.45) is 3.25. The Morgan fingerprint density at radius 1 is 1.50 bits per heavy atom. The summed E-state index contributed by atoms with van der Waals surface area (Å²) in [5.41, 5.74) is -0.335. The molecule has 0 aromatic carbocycles. The second kappa shape index (κ2) is 2.37. The van der Waals surface area contributed by atoms with E-state index in [-0.39, 0.29) is 17.4 Å². The first-order chi connectivity index (χ1) is 6.64. The molecule has 76 valence electrons. The molecule has 1 spiro atoms. The van der Waals surface area contributed by atoms with Crippen molar-refractivity contribution >= 4 is 11.8 Å². The monoisotopic (exact) mass is 194 g/mol. The number of fused-ring (bicyclic) bond motifs is 2. The smallest absolute Gasteiger partial charge is 0.247 e. The molecule has 1 heterocycles. The minimum absolute atomic E-state index is 0.0544. The molecule has 0 aromatic heterocycles. The third kappa shape index (κ3) is 0.823. The van der Waals surface area contributed by atoms with E-state index >= 15 is 0 Å². The molecule has 0 radical (unpaired) electrons. The van der Waals surface area contributed by atoms with Crippen LogP contribution in [0.4, 0.5) is 0 Å². The van der Waals surface area contributed by atoms with E-state index in [1.54, 1.807) is 0 Å². The number of likely N-dealkylation sites (N-methyl/N-ethyl adjacent to an activating group) is 1. The van der Waals surface area contributed by atoms with Crippen molar-refractivity contribution in [2.45, 2.75) is 24.8 Å². The minimum atomic E-state index is -0.335. The fourth-order valence-corrected chi connectivity index (χ4v) is 3.30. The fourth-order valence-electron chi connectivity index (χ4n) is 3.30. The predicted octanol–water partition coefficient (Wildman–Crippen LogP) is -0.257. The molecule has 1 N–H and O–H groups in total. The van der Waals surface area contributed by atoms with E-state index < -0.39 is 0 Å². The molecule has 3 aliphatic rings. The van der Waals surface area contributed by atoms with Crippen LogP contribution in [0.15, 0.2) is 0 Å². The van der Waals surface area contributed by atoms with Gasteiger partial charge in [0.2, 0.25) is 11.8 Å². The first-order valence-corrected chi connectivity index (χ1v) is 5.20. The maximum absolute atomic E-state index is 11.9. The Kier molecular flexibility index (Phi) is 1.42. The number of carbonyl (C=O) groups is 2. The van der Waals surface area contributed by atoms with Gasteiger partial charge in [0.15, 0.2) is 0 Å². The lowest BCUT2D eigenvalue weighted by atomic mass is 9.88. The molecular weight excluding hydrogens is 180 g/mol. The summed E-state index contributed by atoms with van der Waals surface area (Å²) in [6.45, 7) is 0.370. The van der Waals surface area contributed by atoms with E-state index in [0.29, 0.717) is 12.5 Å². The molecule has 3 atom stereocenters. The highest BCUT2D eigenvalue weighted by Crippen LogP contribution is 2.59. The Bertz CT molecular complexity index is 328. The Balaban J connectivity index is 1.96. The molecule has 3 fully saturated rings. The molecule has 3 rings (SSSR count). The van der Waals surface area contributed by atoms with E-state index in [0.717, 1.165) is 18.8 Å². The zero-order valence-electron chi connectivity index (χ0n) is 8.25. The van der Waals surface area contributed by atoms with E-state index in [2.05, 4.69) is 5.32 Å². The van der Waals surface area contributed by atoms with E-state index in [1.807, 2.05) is 11.9 Å². The van der Waals surface area contributed by atoms with Crippen LogP contribution in [0.1, 0.15) is 19.3 Å². The zero-order valence-corrected chi connectivity index (χ0v) is 8.25. The number of amides is 2. The predicted molar refractivity (Wildman–Crippen MR) is 49.3 cm³/mol. The third-order valence-electron chi connectivity index (χ3n) is 4.14. The maximum atomic E-state index is 11.9. The number of piperazine rings is 1. The third-order valence-corrected chi connectivity index (χ3v) is 4.14. The lowest BCUT2D eigenvalue weighted by Crippen LogP contribution is -2.65. The number of nitrogens with zero attached hydrogens (tertiary/aromatic N) is 1. The van der Waals surface area contributed by atoms with Gasteiger partial charge in [0.25, 0.3) is 0 Å². The number of hydrogen-bond donors (Lipinski definition) is 1. The van der Waals surface area contributed by atoms with Gasteiger partial charge in [-0.05, 0) is 38.1 Å². The van der Waals surface area contributed by atoms with Crippen LogP contribution in [0.5, 0.6) is 0 Å². The van der Waals surface area contributed by atoms with Crippen LogP contribution in [-0.2, 0) is 9.59 Å². The molecule has 4 nitrogen and oxygen atoms in total. The van der Waals surface area contributed by atoms with Crippen molar-refractivity contribution in [1.82, 2.24) is 10.2 Å². The molecule has 0 bridgehead atoms. The van der Waals surface area contributed by atoms with Crippen LogP contribution >= 0.6 is 0 Å².